The number of ether oxygens (including phenoxy) is 1. The predicted octanol–water partition coefficient (Wildman–Crippen LogP) is 5.48. The van der Waals surface area contributed by atoms with Gasteiger partial charge in [-0.25, -0.2) is 4.79 Å². The highest BCUT2D eigenvalue weighted by atomic mass is 35.5. The summed E-state index contributed by atoms with van der Waals surface area (Å²) in [6.45, 7) is 6.50. The first kappa shape index (κ1) is 26.2. The van der Waals surface area contributed by atoms with Crippen molar-refractivity contribution < 1.29 is 24.2 Å². The minimum absolute atomic E-state index is 0.250. The lowest BCUT2D eigenvalue weighted by atomic mass is 9.93. The molecule has 2 N–H and O–H groups in total. The molecule has 2 aliphatic rings. The zero-order valence-corrected chi connectivity index (χ0v) is 22.4. The smallest absolute Gasteiger partial charge is 0.329 e. The predicted molar refractivity (Wildman–Crippen MR) is 146 cm³/mol. The first-order valence-electron chi connectivity index (χ1n) is 12.8. The van der Waals surface area contributed by atoms with Gasteiger partial charge in [0.25, 0.3) is 5.91 Å². The van der Waals surface area contributed by atoms with Crippen LogP contribution in [0.15, 0.2) is 60.7 Å². The van der Waals surface area contributed by atoms with Crippen molar-refractivity contribution in [2.45, 2.75) is 57.8 Å². The molecule has 1 aliphatic carbocycles. The highest BCUT2D eigenvalue weighted by molar-refractivity contribution is 6.30. The minimum Gasteiger partial charge on any atom is -0.480 e. The van der Waals surface area contributed by atoms with E-state index < -0.39 is 29.6 Å². The van der Waals surface area contributed by atoms with Crippen molar-refractivity contribution in [1.82, 2.24) is 5.32 Å². The van der Waals surface area contributed by atoms with Crippen molar-refractivity contribution in [3.8, 4) is 0 Å². The molecule has 2 unspecified atom stereocenters. The van der Waals surface area contributed by atoms with Crippen molar-refractivity contribution in [2.75, 3.05) is 11.4 Å². The van der Waals surface area contributed by atoms with Gasteiger partial charge in [0.2, 0.25) is 5.91 Å². The van der Waals surface area contributed by atoms with E-state index in [0.717, 1.165) is 21.9 Å². The molecule has 38 heavy (non-hydrogen) atoms. The monoisotopic (exact) mass is 534 g/mol. The highest BCUT2D eigenvalue weighted by Crippen LogP contribution is 2.43. The molecule has 0 saturated heterocycles. The molecule has 0 aromatic heterocycles. The summed E-state index contributed by atoms with van der Waals surface area (Å²) < 4.78 is 6.55. The number of carbonyl (C=O) groups excluding carboxylic acids is 2. The molecule has 0 spiro atoms. The van der Waals surface area contributed by atoms with Crippen LogP contribution in [0.4, 0.5) is 5.69 Å². The third kappa shape index (κ3) is 5.13. The molecule has 5 rings (SSSR count). The summed E-state index contributed by atoms with van der Waals surface area (Å²) in [5.74, 6) is -1.94. The number of hydrogen-bond donors (Lipinski definition) is 2. The van der Waals surface area contributed by atoms with Crippen LogP contribution in [0.1, 0.15) is 57.3 Å². The van der Waals surface area contributed by atoms with Gasteiger partial charge in [0, 0.05) is 22.8 Å². The molecular weight excluding hydrogens is 504 g/mol. The van der Waals surface area contributed by atoms with Crippen LogP contribution in [0.3, 0.4) is 0 Å². The molecule has 1 aliphatic heterocycles. The molecule has 198 valence electrons. The number of rotatable bonds is 6. The molecule has 0 radical (unpaired) electrons. The molecule has 0 bridgehead atoms. The summed E-state index contributed by atoms with van der Waals surface area (Å²) in [6, 6.07) is 19.2. The summed E-state index contributed by atoms with van der Waals surface area (Å²) in [5.41, 5.74) is 0.770. The van der Waals surface area contributed by atoms with Gasteiger partial charge in [-0.05, 0) is 52.8 Å². The van der Waals surface area contributed by atoms with E-state index in [0.29, 0.717) is 30.1 Å². The topological polar surface area (TPSA) is 95.9 Å². The summed E-state index contributed by atoms with van der Waals surface area (Å²) in [6.07, 6.45) is -1.37. The number of aliphatic carboxylic acids is 1. The number of fused-ring (bicyclic) bond motifs is 2. The number of nitrogens with zero attached hydrogens (tertiary/aromatic N) is 1. The summed E-state index contributed by atoms with van der Waals surface area (Å²) >= 11 is 6.47. The van der Waals surface area contributed by atoms with E-state index in [4.69, 9.17) is 16.3 Å². The Bertz CT molecular complexity index is 1420. The molecule has 1 fully saturated rings. The van der Waals surface area contributed by atoms with E-state index in [2.05, 4.69) is 5.32 Å². The highest BCUT2D eigenvalue weighted by Gasteiger charge is 2.52. The Morgan fingerprint density at radius 3 is 2.47 bits per heavy atom. The van der Waals surface area contributed by atoms with Crippen LogP contribution in [-0.4, -0.2) is 41.1 Å². The lowest BCUT2D eigenvalue weighted by molar-refractivity contribution is -0.144. The van der Waals surface area contributed by atoms with Gasteiger partial charge < -0.3 is 20.1 Å². The van der Waals surface area contributed by atoms with Crippen LogP contribution in [0, 0.1) is 5.41 Å². The van der Waals surface area contributed by atoms with Crippen LogP contribution in [0.5, 0.6) is 0 Å². The quantitative estimate of drug-likeness (QED) is 0.436. The molecule has 7 nitrogen and oxygen atoms in total. The molecule has 3 aromatic rings. The number of halogens is 1. The van der Waals surface area contributed by atoms with Gasteiger partial charge in [-0.2, -0.15) is 0 Å². The van der Waals surface area contributed by atoms with E-state index in [9.17, 15) is 19.5 Å². The van der Waals surface area contributed by atoms with Crippen LogP contribution in [-0.2, 0) is 19.1 Å². The minimum atomic E-state index is -1.25. The van der Waals surface area contributed by atoms with E-state index in [1.807, 2.05) is 75.4 Å². The Balaban J connectivity index is 1.61. The van der Waals surface area contributed by atoms with Crippen LogP contribution in [0.25, 0.3) is 10.8 Å². The molecule has 1 saturated carbocycles. The fraction of sp³-hybridized carbons (Fsp3) is 0.367. The van der Waals surface area contributed by atoms with Crippen LogP contribution in [0.2, 0.25) is 5.02 Å². The number of hydrogen-bond acceptors (Lipinski definition) is 4. The van der Waals surface area contributed by atoms with E-state index >= 15 is 0 Å². The number of carboxylic acid groups (broad SMARTS) is 1. The molecule has 2 atom stereocenters. The van der Waals surface area contributed by atoms with Crippen molar-refractivity contribution in [2.24, 2.45) is 5.41 Å². The van der Waals surface area contributed by atoms with Gasteiger partial charge in [-0.3, -0.25) is 9.59 Å². The fourth-order valence-corrected chi connectivity index (χ4v) is 5.25. The number of carboxylic acids is 1. The van der Waals surface area contributed by atoms with Gasteiger partial charge in [-0.1, -0.05) is 74.8 Å². The largest absolute Gasteiger partial charge is 0.480 e. The van der Waals surface area contributed by atoms with Gasteiger partial charge in [0.1, 0.15) is 17.7 Å². The summed E-state index contributed by atoms with van der Waals surface area (Å²) in [7, 11) is 0. The number of amides is 2. The molecular formula is C30H31ClN2O5. The summed E-state index contributed by atoms with van der Waals surface area (Å²) in [5, 5.41) is 14.6. The molecule has 8 heteroatoms. The zero-order chi connectivity index (χ0) is 27.2. The maximum absolute atomic E-state index is 14.0. The van der Waals surface area contributed by atoms with Gasteiger partial charge in [0.15, 0.2) is 0 Å². The molecule has 3 aromatic carbocycles. The maximum atomic E-state index is 14.0. The van der Waals surface area contributed by atoms with E-state index in [1.54, 1.807) is 11.0 Å². The van der Waals surface area contributed by atoms with Crippen molar-refractivity contribution in [3.05, 3.63) is 76.8 Å². The van der Waals surface area contributed by atoms with Crippen molar-refractivity contribution >= 4 is 45.8 Å². The Morgan fingerprint density at radius 1 is 1.08 bits per heavy atom. The maximum Gasteiger partial charge on any atom is 0.329 e. The molecule has 1 heterocycles. The SMILES string of the molecule is CC(C)(C)CN1C(=O)C(CC(=O)NC2(C(=O)O)CC2)OC(c2cccc3ccccc23)c2cc(Cl)ccc21. The fourth-order valence-electron chi connectivity index (χ4n) is 5.07. The normalized spacial score (nSPS) is 20.5. The first-order chi connectivity index (χ1) is 18.0. The van der Waals surface area contributed by atoms with Gasteiger partial charge in [0.05, 0.1) is 6.42 Å². The number of benzene rings is 3. The van der Waals surface area contributed by atoms with Crippen molar-refractivity contribution in [3.63, 3.8) is 0 Å². The van der Waals surface area contributed by atoms with Gasteiger partial charge in [-0.15, -0.1) is 0 Å². The number of carbonyl (C=O) groups is 3. The van der Waals surface area contributed by atoms with E-state index in [-0.39, 0.29) is 17.7 Å². The Kier molecular flexibility index (Phi) is 6.70. The van der Waals surface area contributed by atoms with E-state index in [1.165, 1.54) is 0 Å². The number of anilines is 1. The summed E-state index contributed by atoms with van der Waals surface area (Å²) in [4.78, 5) is 40.4. The van der Waals surface area contributed by atoms with Crippen LogP contribution < -0.4 is 10.2 Å². The number of nitrogens with one attached hydrogen (secondary N) is 1. The average Bonchev–Trinajstić information content (AvgIpc) is 3.65. The first-order valence-corrected chi connectivity index (χ1v) is 13.1. The lowest BCUT2D eigenvalue weighted by Gasteiger charge is -2.31. The second-order valence-electron chi connectivity index (χ2n) is 11.4. The Morgan fingerprint density at radius 2 is 1.79 bits per heavy atom. The zero-order valence-electron chi connectivity index (χ0n) is 21.7. The third-order valence-electron chi connectivity index (χ3n) is 7.05. The second kappa shape index (κ2) is 9.71. The Hall–Kier alpha value is -3.42. The second-order valence-corrected chi connectivity index (χ2v) is 11.8. The standard InChI is InChI=1S/C30H31ClN2O5/c1-29(2,3)17-33-23-12-11-19(31)15-22(23)26(21-10-6-8-18-7-4-5-9-20(18)21)38-24(27(33)35)16-25(34)32-30(13-14-30)28(36)37/h4-12,15,24,26H,13-14,16-17H2,1-3H3,(H,32,34)(H,36,37). The van der Waals surface area contributed by atoms with Gasteiger partial charge >= 0.3 is 5.97 Å². The lowest BCUT2D eigenvalue weighted by Crippen LogP contribution is -2.48. The molecule has 2 amide bonds. The van der Waals surface area contributed by atoms with Crippen LogP contribution >= 0.6 is 11.6 Å². The van der Waals surface area contributed by atoms with Crippen molar-refractivity contribution in [1.29, 1.82) is 0 Å². The Labute approximate surface area is 226 Å². The average molecular weight is 535 g/mol. The third-order valence-corrected chi connectivity index (χ3v) is 7.29.